The predicted molar refractivity (Wildman–Crippen MR) is 197 cm³/mol. The number of aromatic hydroxyl groups is 2. The molecule has 2 N–H and O–H groups in total. The third-order valence-corrected chi connectivity index (χ3v) is 9.52. The first-order valence-electron chi connectivity index (χ1n) is 15.1. The summed E-state index contributed by atoms with van der Waals surface area (Å²) < 4.78 is 68.6. The Morgan fingerprint density at radius 3 is 1.16 bits per heavy atom. The Morgan fingerprint density at radius 1 is 0.527 bits per heavy atom. The van der Waals surface area contributed by atoms with E-state index in [0.717, 1.165) is 12.1 Å². The number of phenols is 2. The van der Waals surface area contributed by atoms with E-state index in [1.807, 2.05) is 0 Å². The van der Waals surface area contributed by atoms with Crippen molar-refractivity contribution >= 4 is 125 Å². The van der Waals surface area contributed by atoms with E-state index in [4.69, 9.17) is 0 Å². The normalized spacial score (nSPS) is 11.7. The van der Waals surface area contributed by atoms with E-state index in [1.165, 1.54) is 72.8 Å². The number of rotatable bonds is 8. The molecule has 276 valence electrons. The van der Waals surface area contributed by atoms with Gasteiger partial charge in [-0.1, -0.05) is 60.7 Å². The molecule has 0 aromatic heterocycles. The molecule has 6 aromatic rings. The largest absolute Gasteiger partial charge is 2.00 e. The van der Waals surface area contributed by atoms with Crippen LogP contribution >= 0.6 is 0 Å². The summed E-state index contributed by atoms with van der Waals surface area (Å²) in [6.07, 6.45) is 0. The number of benzene rings is 6. The number of hydrogen-bond donors (Lipinski definition) is 2. The predicted octanol–water partition coefficient (Wildman–Crippen LogP) is 7.78. The summed E-state index contributed by atoms with van der Waals surface area (Å²) >= 11 is 0. The molecule has 0 amide bonds. The van der Waals surface area contributed by atoms with Crippen molar-refractivity contribution < 1.29 is 46.0 Å². The molecule has 0 aliphatic rings. The fraction of sp³-hybridized carbons (Fsp3) is 0.0588. The minimum atomic E-state index is -4.81. The Bertz CT molecular complexity index is 2610. The van der Waals surface area contributed by atoms with E-state index in [-0.39, 0.29) is 105 Å². The van der Waals surface area contributed by atoms with Crippen LogP contribution in [-0.2, 0) is 20.2 Å². The molecule has 55 heavy (non-hydrogen) atoms. The van der Waals surface area contributed by atoms with Gasteiger partial charge >= 0.3 is 48.9 Å². The Balaban J connectivity index is 0.000000240. The molecule has 18 nitrogen and oxygen atoms in total. The first-order valence-corrected chi connectivity index (χ1v) is 17.9. The van der Waals surface area contributed by atoms with Crippen molar-refractivity contribution in [2.75, 3.05) is 0 Å². The third kappa shape index (κ3) is 9.75. The molecule has 0 spiro atoms. The molecule has 0 radical (unpaired) electrons. The Labute approximate surface area is 351 Å². The van der Waals surface area contributed by atoms with Gasteiger partial charge in [-0.05, 0) is 26.0 Å². The smallest absolute Gasteiger partial charge is 0.744 e. The van der Waals surface area contributed by atoms with Crippen LogP contribution < -0.4 is 0 Å². The van der Waals surface area contributed by atoms with E-state index in [0.29, 0.717) is 11.1 Å². The molecule has 0 fully saturated rings. The topological polar surface area (TPSA) is 291 Å². The summed E-state index contributed by atoms with van der Waals surface area (Å²) in [5.41, 5.74) is 0.895. The van der Waals surface area contributed by atoms with Crippen molar-refractivity contribution in [3.63, 3.8) is 0 Å². The molecule has 0 saturated heterocycles. The molecular formula is C34H24BaN6O12S2. The van der Waals surface area contributed by atoms with Crippen LogP contribution in [0.2, 0.25) is 0 Å². The number of hydrogen-bond acceptors (Lipinski definition) is 16. The molecule has 0 saturated carbocycles. The van der Waals surface area contributed by atoms with Crippen molar-refractivity contribution in [1.29, 1.82) is 0 Å². The number of aryl methyl sites for hydroxylation is 2. The Hall–Kier alpha value is -5.17. The SMILES string of the molecule is Cc1ccc(N=Nc2c(O)cc(S(=O)(=O)[O-])c3ccccc23)cc1[N+](=O)[O-].Cc1ccc(N=Nc2c(O)cc(S(=O)(=O)[O-])c3ccccc23)cc1[N+](=O)[O-].[Ba+2]. The van der Waals surface area contributed by atoms with Crippen LogP contribution in [0.5, 0.6) is 11.5 Å². The van der Waals surface area contributed by atoms with E-state index >= 15 is 0 Å². The fourth-order valence-corrected chi connectivity index (χ4v) is 6.58. The standard InChI is InChI=1S/2C17H13N3O6S.Ba/c2*1-10-6-7-11(8-14(10)20(22)23)18-19-17-13-5-3-2-4-12(13)16(9-15(17)21)27(24,25)26;/h2*2-9,21H,1H3,(H,24,25,26);/q;;+2/p-2. The van der Waals surface area contributed by atoms with Crippen LogP contribution in [0.4, 0.5) is 34.1 Å². The zero-order valence-corrected chi connectivity index (χ0v) is 34.5. The Kier molecular flexibility index (Phi) is 13.2. The first-order chi connectivity index (χ1) is 25.4. The molecule has 0 aliphatic heterocycles. The van der Waals surface area contributed by atoms with E-state index in [1.54, 1.807) is 26.0 Å². The maximum Gasteiger partial charge on any atom is 2.00 e. The zero-order valence-electron chi connectivity index (χ0n) is 28.4. The second kappa shape index (κ2) is 17.1. The van der Waals surface area contributed by atoms with Gasteiger partial charge in [0.15, 0.2) is 0 Å². The van der Waals surface area contributed by atoms with Gasteiger partial charge in [0.1, 0.15) is 43.1 Å². The summed E-state index contributed by atoms with van der Waals surface area (Å²) in [4.78, 5) is 19.8. The molecule has 6 aromatic carbocycles. The van der Waals surface area contributed by atoms with Crippen molar-refractivity contribution in [2.45, 2.75) is 23.6 Å². The summed E-state index contributed by atoms with van der Waals surface area (Å²) in [6.45, 7) is 3.17. The van der Waals surface area contributed by atoms with Gasteiger partial charge in [0.05, 0.1) is 31.0 Å². The van der Waals surface area contributed by atoms with E-state index < -0.39 is 51.4 Å². The van der Waals surface area contributed by atoms with Gasteiger partial charge in [-0.25, -0.2) is 16.8 Å². The number of nitro groups is 2. The number of azo groups is 2. The molecule has 0 heterocycles. The molecule has 0 bridgehead atoms. The molecule has 0 aliphatic carbocycles. The van der Waals surface area contributed by atoms with Gasteiger partial charge < -0.3 is 19.3 Å². The number of nitrogens with zero attached hydrogens (tertiary/aromatic N) is 6. The van der Waals surface area contributed by atoms with Crippen LogP contribution in [0.25, 0.3) is 21.5 Å². The second-order valence-electron chi connectivity index (χ2n) is 11.3. The van der Waals surface area contributed by atoms with Crippen molar-refractivity contribution in [3.8, 4) is 11.5 Å². The summed E-state index contributed by atoms with van der Waals surface area (Å²) in [5, 5.41) is 58.5. The number of phenolic OH excluding ortho intramolecular Hbond substituents is 2. The maximum absolute atomic E-state index is 11.4. The molecule has 0 unspecified atom stereocenters. The minimum absolute atomic E-state index is 0. The van der Waals surface area contributed by atoms with Crippen LogP contribution in [0, 0.1) is 34.1 Å². The maximum atomic E-state index is 11.4. The fourth-order valence-electron chi connectivity index (χ4n) is 5.18. The van der Waals surface area contributed by atoms with Gasteiger partial charge in [0.25, 0.3) is 11.4 Å². The summed E-state index contributed by atoms with van der Waals surface area (Å²) in [6, 6.07) is 22.2. The van der Waals surface area contributed by atoms with Crippen LogP contribution in [0.1, 0.15) is 11.1 Å². The molecule has 21 heteroatoms. The average molecular weight is 910 g/mol. The van der Waals surface area contributed by atoms with Gasteiger partial charge in [0, 0.05) is 56.9 Å². The Morgan fingerprint density at radius 2 is 0.855 bits per heavy atom. The van der Waals surface area contributed by atoms with E-state index in [2.05, 4.69) is 20.5 Å². The molecule has 6 rings (SSSR count). The van der Waals surface area contributed by atoms with Gasteiger partial charge in [-0.3, -0.25) is 20.2 Å². The molecular weight excluding hydrogens is 886 g/mol. The van der Waals surface area contributed by atoms with Crippen LogP contribution in [-0.4, -0.2) is 94.9 Å². The van der Waals surface area contributed by atoms with Crippen molar-refractivity contribution in [3.05, 3.63) is 128 Å². The minimum Gasteiger partial charge on any atom is -0.744 e. The van der Waals surface area contributed by atoms with E-state index in [9.17, 15) is 56.4 Å². The summed E-state index contributed by atoms with van der Waals surface area (Å²) in [7, 11) is -9.63. The average Bonchev–Trinajstić information content (AvgIpc) is 3.10. The monoisotopic (exact) mass is 910 g/mol. The van der Waals surface area contributed by atoms with Crippen LogP contribution in [0.15, 0.2) is 127 Å². The second-order valence-corrected chi connectivity index (χ2v) is 14.0. The third-order valence-electron chi connectivity index (χ3n) is 7.76. The summed E-state index contributed by atoms with van der Waals surface area (Å²) in [5.74, 6) is -1.10. The van der Waals surface area contributed by atoms with Gasteiger partial charge in [0.2, 0.25) is 0 Å². The molecule has 0 atom stereocenters. The van der Waals surface area contributed by atoms with Crippen molar-refractivity contribution in [2.24, 2.45) is 20.5 Å². The first kappa shape index (κ1) is 42.6. The number of fused-ring (bicyclic) bond motifs is 2. The number of nitro benzene ring substituents is 2. The zero-order chi connectivity index (χ0) is 39.5. The van der Waals surface area contributed by atoms with Crippen molar-refractivity contribution in [1.82, 2.24) is 0 Å². The quantitative estimate of drug-likeness (QED) is 0.0486. The van der Waals surface area contributed by atoms with Crippen LogP contribution in [0.3, 0.4) is 0 Å². The van der Waals surface area contributed by atoms with Gasteiger partial charge in [-0.15, -0.1) is 10.2 Å². The van der Waals surface area contributed by atoms with Gasteiger partial charge in [-0.2, -0.15) is 10.2 Å².